The molecule has 0 saturated carbocycles. The minimum absolute atomic E-state index is 0.701. The highest BCUT2D eigenvalue weighted by Crippen LogP contribution is 2.36. The Hall–Kier alpha value is 0.310. The van der Waals surface area contributed by atoms with E-state index in [9.17, 15) is 0 Å². The fraction of sp³-hybridized carbons (Fsp3) is 1.00. The number of quaternary nitrogens is 1. The molecule has 2 fully saturated rings. The van der Waals surface area contributed by atoms with Gasteiger partial charge in [0.1, 0.15) is 6.04 Å². The topological polar surface area (TPSA) is 0 Å². The lowest BCUT2D eigenvalue weighted by Gasteiger charge is -2.30. The van der Waals surface area contributed by atoms with Crippen LogP contribution < -0.4 is 0 Å². The molecule has 2 aliphatic heterocycles. The molecule has 2 heterocycles. The van der Waals surface area contributed by atoms with Gasteiger partial charge in [0.05, 0.1) is 25.4 Å². The molecule has 0 aromatic rings. The number of hydrogen-bond donors (Lipinski definition) is 1. The molecule has 0 N–H and O–H groups in total. The molecule has 10 heavy (non-hydrogen) atoms. The number of rotatable bonds is 0. The Morgan fingerprint density at radius 3 is 2.80 bits per heavy atom. The highest BCUT2D eigenvalue weighted by Gasteiger charge is 2.46. The van der Waals surface area contributed by atoms with Crippen LogP contribution in [0, 0.1) is 0 Å². The van der Waals surface area contributed by atoms with Crippen molar-refractivity contribution in [1.29, 1.82) is 0 Å². The molecule has 3 unspecified atom stereocenters. The van der Waals surface area contributed by atoms with Gasteiger partial charge in [-0.2, -0.15) is 12.6 Å². The van der Waals surface area contributed by atoms with Crippen molar-refractivity contribution in [3.05, 3.63) is 0 Å². The third-order valence-electron chi connectivity index (χ3n) is 3.35. The van der Waals surface area contributed by atoms with Crippen LogP contribution in [0.3, 0.4) is 0 Å². The normalized spacial score (nSPS) is 53.4. The van der Waals surface area contributed by atoms with Gasteiger partial charge in [-0.15, -0.1) is 0 Å². The summed E-state index contributed by atoms with van der Waals surface area (Å²) in [5, 5.41) is 0.701. The van der Waals surface area contributed by atoms with Crippen molar-refractivity contribution in [3.63, 3.8) is 0 Å². The molecule has 2 saturated heterocycles. The van der Waals surface area contributed by atoms with Crippen molar-refractivity contribution in [2.24, 2.45) is 0 Å². The van der Waals surface area contributed by atoms with Crippen molar-refractivity contribution in [3.8, 4) is 0 Å². The lowest BCUT2D eigenvalue weighted by atomic mass is 10.1. The highest BCUT2D eigenvalue weighted by atomic mass is 32.1. The van der Waals surface area contributed by atoms with E-state index in [0.29, 0.717) is 5.25 Å². The van der Waals surface area contributed by atoms with Crippen LogP contribution in [0.25, 0.3) is 0 Å². The fourth-order valence-corrected chi connectivity index (χ4v) is 3.23. The molecule has 0 aromatic heterocycles. The highest BCUT2D eigenvalue weighted by molar-refractivity contribution is 7.81. The van der Waals surface area contributed by atoms with Gasteiger partial charge in [0, 0.05) is 19.3 Å². The van der Waals surface area contributed by atoms with E-state index >= 15 is 0 Å². The van der Waals surface area contributed by atoms with Gasteiger partial charge in [-0.1, -0.05) is 0 Å². The number of nitrogens with zero attached hydrogens (tertiary/aromatic N) is 1. The third-order valence-corrected chi connectivity index (χ3v) is 3.95. The van der Waals surface area contributed by atoms with Gasteiger partial charge < -0.3 is 4.48 Å². The summed E-state index contributed by atoms with van der Waals surface area (Å²) < 4.78 is 1.33. The fourth-order valence-electron chi connectivity index (χ4n) is 2.64. The molecule has 0 spiro atoms. The summed E-state index contributed by atoms with van der Waals surface area (Å²) >= 11 is 4.61. The molecule has 2 rings (SSSR count). The molecule has 0 aromatic carbocycles. The summed E-state index contributed by atoms with van der Waals surface area (Å²) in [4.78, 5) is 0. The van der Waals surface area contributed by atoms with Crippen molar-refractivity contribution >= 4 is 12.6 Å². The Balaban J connectivity index is 2.19. The van der Waals surface area contributed by atoms with Crippen LogP contribution >= 0.6 is 12.6 Å². The van der Waals surface area contributed by atoms with Gasteiger partial charge in [-0.3, -0.25) is 0 Å². The van der Waals surface area contributed by atoms with Gasteiger partial charge in [-0.05, 0) is 0 Å². The van der Waals surface area contributed by atoms with Gasteiger partial charge in [0.25, 0.3) is 0 Å². The Labute approximate surface area is 68.4 Å². The van der Waals surface area contributed by atoms with Crippen LogP contribution in [-0.2, 0) is 0 Å². The summed E-state index contributed by atoms with van der Waals surface area (Å²) in [6.45, 7) is 2.78. The summed E-state index contributed by atoms with van der Waals surface area (Å²) in [5.41, 5.74) is 0. The number of fused-ring (bicyclic) bond motifs is 1. The molecular weight excluding hydrogens is 142 g/mol. The molecule has 0 radical (unpaired) electrons. The Morgan fingerprint density at radius 1 is 1.30 bits per heavy atom. The third kappa shape index (κ3) is 0.817. The summed E-state index contributed by atoms with van der Waals surface area (Å²) in [6, 6.07) is 0.892. The lowest BCUT2D eigenvalue weighted by molar-refractivity contribution is -0.908. The molecule has 2 aliphatic rings. The smallest absolute Gasteiger partial charge is 0.101 e. The van der Waals surface area contributed by atoms with E-state index in [2.05, 4.69) is 19.7 Å². The molecular formula is C8H16NS+. The number of thiol groups is 1. The molecule has 1 nitrogen and oxygen atoms in total. The summed E-state index contributed by atoms with van der Waals surface area (Å²) in [7, 11) is 2.40. The van der Waals surface area contributed by atoms with Crippen molar-refractivity contribution in [1.82, 2.24) is 0 Å². The number of hydrogen-bond acceptors (Lipinski definition) is 1. The van der Waals surface area contributed by atoms with E-state index in [0.717, 1.165) is 6.04 Å². The zero-order valence-electron chi connectivity index (χ0n) is 6.58. The van der Waals surface area contributed by atoms with E-state index in [4.69, 9.17) is 0 Å². The predicted molar refractivity (Wildman–Crippen MR) is 46.3 cm³/mol. The second-order valence-corrected chi connectivity index (χ2v) is 4.66. The van der Waals surface area contributed by atoms with Crippen molar-refractivity contribution in [2.45, 2.75) is 30.6 Å². The van der Waals surface area contributed by atoms with Gasteiger partial charge in [0.2, 0.25) is 0 Å². The molecule has 2 heteroatoms. The van der Waals surface area contributed by atoms with Gasteiger partial charge in [0.15, 0.2) is 0 Å². The molecule has 0 aliphatic carbocycles. The van der Waals surface area contributed by atoms with E-state index in [-0.39, 0.29) is 0 Å². The molecule has 0 bridgehead atoms. The lowest BCUT2D eigenvalue weighted by Crippen LogP contribution is -2.44. The van der Waals surface area contributed by atoms with Crippen molar-refractivity contribution in [2.75, 3.05) is 20.1 Å². The molecule has 58 valence electrons. The second-order valence-electron chi connectivity index (χ2n) is 3.99. The maximum atomic E-state index is 4.61. The monoisotopic (exact) mass is 158 g/mol. The van der Waals surface area contributed by atoms with Gasteiger partial charge >= 0.3 is 0 Å². The first kappa shape index (κ1) is 6.99. The van der Waals surface area contributed by atoms with E-state index < -0.39 is 0 Å². The summed E-state index contributed by atoms with van der Waals surface area (Å²) in [6.07, 6.45) is 4.19. The Kier molecular flexibility index (Phi) is 1.50. The first-order chi connectivity index (χ1) is 4.72. The van der Waals surface area contributed by atoms with E-state index in [1.807, 2.05) is 0 Å². The zero-order valence-corrected chi connectivity index (χ0v) is 7.48. The Morgan fingerprint density at radius 2 is 2.10 bits per heavy atom. The average Bonchev–Trinajstić information content (AvgIpc) is 2.35. The van der Waals surface area contributed by atoms with Crippen LogP contribution in [0.5, 0.6) is 0 Å². The largest absolute Gasteiger partial charge is 0.323 e. The zero-order chi connectivity index (χ0) is 7.19. The van der Waals surface area contributed by atoms with E-state index in [1.165, 1.54) is 36.8 Å². The van der Waals surface area contributed by atoms with Crippen LogP contribution in [0.4, 0.5) is 0 Å². The predicted octanol–water partition coefficient (Wildman–Crippen LogP) is 1.30. The SMILES string of the molecule is C[N+]12CCCC1C(S)CC2. The quantitative estimate of drug-likeness (QED) is 0.399. The molecule has 3 atom stereocenters. The Bertz CT molecular complexity index is 148. The minimum Gasteiger partial charge on any atom is -0.323 e. The first-order valence-electron chi connectivity index (χ1n) is 4.25. The first-order valence-corrected chi connectivity index (χ1v) is 4.76. The maximum Gasteiger partial charge on any atom is 0.101 e. The van der Waals surface area contributed by atoms with E-state index in [1.54, 1.807) is 0 Å². The summed E-state index contributed by atoms with van der Waals surface area (Å²) in [5.74, 6) is 0. The molecule has 0 amide bonds. The minimum atomic E-state index is 0.701. The van der Waals surface area contributed by atoms with Crippen LogP contribution in [-0.4, -0.2) is 35.9 Å². The maximum absolute atomic E-state index is 4.61. The van der Waals surface area contributed by atoms with Crippen LogP contribution in [0.1, 0.15) is 19.3 Å². The standard InChI is InChI=1S/C8H15NS/c1-9-5-2-3-7(9)8(10)4-6-9/h7-8H,2-6H2,1H3/p+1. The second kappa shape index (κ2) is 2.15. The van der Waals surface area contributed by atoms with Crippen LogP contribution in [0.15, 0.2) is 0 Å². The van der Waals surface area contributed by atoms with Crippen LogP contribution in [0.2, 0.25) is 0 Å². The van der Waals surface area contributed by atoms with Crippen molar-refractivity contribution < 1.29 is 4.48 Å². The van der Waals surface area contributed by atoms with Gasteiger partial charge in [-0.25, -0.2) is 0 Å². The average molecular weight is 158 g/mol.